The summed E-state index contributed by atoms with van der Waals surface area (Å²) in [4.78, 5) is 9.44. The van der Waals surface area contributed by atoms with E-state index in [1.807, 2.05) is 12.3 Å². The van der Waals surface area contributed by atoms with Crippen molar-refractivity contribution in [3.8, 4) is 0 Å². The van der Waals surface area contributed by atoms with E-state index in [1.165, 1.54) is 6.54 Å². The summed E-state index contributed by atoms with van der Waals surface area (Å²) in [6.07, 6.45) is 4.17. The SMILES string of the molecule is CC(C)CN1CCC(CN)(N(C)Cc2ccccn2)CC1. The van der Waals surface area contributed by atoms with E-state index in [9.17, 15) is 0 Å². The molecule has 0 bridgehead atoms. The quantitative estimate of drug-likeness (QED) is 0.870. The zero-order valence-corrected chi connectivity index (χ0v) is 13.8. The minimum atomic E-state index is 0.130. The Morgan fingerprint density at radius 2 is 2.05 bits per heavy atom. The summed E-state index contributed by atoms with van der Waals surface area (Å²) >= 11 is 0. The van der Waals surface area contributed by atoms with Crippen LogP contribution in [-0.2, 0) is 6.54 Å². The fourth-order valence-corrected chi connectivity index (χ4v) is 3.31. The van der Waals surface area contributed by atoms with Crippen molar-refractivity contribution < 1.29 is 0 Å². The topological polar surface area (TPSA) is 45.4 Å². The number of rotatable bonds is 6. The van der Waals surface area contributed by atoms with Gasteiger partial charge in [-0.25, -0.2) is 0 Å². The van der Waals surface area contributed by atoms with E-state index in [0.29, 0.717) is 0 Å². The van der Waals surface area contributed by atoms with E-state index >= 15 is 0 Å². The summed E-state index contributed by atoms with van der Waals surface area (Å²) in [7, 11) is 2.19. The number of aromatic nitrogens is 1. The summed E-state index contributed by atoms with van der Waals surface area (Å²) in [6, 6.07) is 6.11. The van der Waals surface area contributed by atoms with Crippen LogP contribution >= 0.6 is 0 Å². The first-order valence-electron chi connectivity index (χ1n) is 8.09. The molecule has 1 aliphatic heterocycles. The standard InChI is InChI=1S/C17H30N4/c1-15(2)12-21-10-7-17(14-18,8-11-21)20(3)13-16-6-4-5-9-19-16/h4-6,9,15H,7-8,10-14,18H2,1-3H3. The lowest BCUT2D eigenvalue weighted by atomic mass is 9.85. The van der Waals surface area contributed by atoms with Gasteiger partial charge in [0.25, 0.3) is 0 Å². The Balaban J connectivity index is 1.96. The van der Waals surface area contributed by atoms with Crippen LogP contribution in [0.2, 0.25) is 0 Å². The molecule has 1 aromatic heterocycles. The second kappa shape index (κ2) is 7.34. The molecule has 0 aromatic carbocycles. The van der Waals surface area contributed by atoms with Crippen LogP contribution in [0, 0.1) is 5.92 Å². The molecule has 4 heteroatoms. The molecule has 0 saturated carbocycles. The van der Waals surface area contributed by atoms with Crippen LogP contribution in [0.4, 0.5) is 0 Å². The van der Waals surface area contributed by atoms with Crippen molar-refractivity contribution in [1.82, 2.24) is 14.8 Å². The Morgan fingerprint density at radius 1 is 1.33 bits per heavy atom. The molecule has 1 aliphatic rings. The summed E-state index contributed by atoms with van der Waals surface area (Å²) in [5.41, 5.74) is 7.41. The third-order valence-corrected chi connectivity index (χ3v) is 4.73. The first-order chi connectivity index (χ1) is 10.1. The van der Waals surface area contributed by atoms with Gasteiger partial charge in [-0.15, -0.1) is 0 Å². The molecular formula is C17H30N4. The maximum atomic E-state index is 6.16. The predicted molar refractivity (Wildman–Crippen MR) is 88.0 cm³/mol. The van der Waals surface area contributed by atoms with Crippen molar-refractivity contribution in [2.75, 3.05) is 33.2 Å². The highest BCUT2D eigenvalue weighted by atomic mass is 15.2. The third-order valence-electron chi connectivity index (χ3n) is 4.73. The van der Waals surface area contributed by atoms with E-state index in [4.69, 9.17) is 5.73 Å². The molecule has 0 unspecified atom stereocenters. The molecule has 2 rings (SSSR count). The fraction of sp³-hybridized carbons (Fsp3) is 0.706. The van der Waals surface area contributed by atoms with Crippen LogP contribution in [0.3, 0.4) is 0 Å². The lowest BCUT2D eigenvalue weighted by molar-refractivity contribution is 0.0357. The van der Waals surface area contributed by atoms with E-state index in [-0.39, 0.29) is 5.54 Å². The Labute approximate surface area is 129 Å². The number of likely N-dealkylation sites (tertiary alicyclic amines) is 1. The Bertz CT molecular complexity index is 410. The second-order valence-electron chi connectivity index (χ2n) is 6.80. The lowest BCUT2D eigenvalue weighted by Crippen LogP contribution is -2.58. The molecule has 0 aliphatic carbocycles. The van der Waals surface area contributed by atoms with Crippen LogP contribution < -0.4 is 5.73 Å². The zero-order valence-electron chi connectivity index (χ0n) is 13.8. The molecule has 2 N–H and O–H groups in total. The first kappa shape index (κ1) is 16.4. The first-order valence-corrected chi connectivity index (χ1v) is 8.09. The van der Waals surface area contributed by atoms with Gasteiger partial charge in [-0.3, -0.25) is 9.88 Å². The lowest BCUT2D eigenvalue weighted by Gasteiger charge is -2.47. The fourth-order valence-electron chi connectivity index (χ4n) is 3.31. The average Bonchev–Trinajstić information content (AvgIpc) is 2.48. The smallest absolute Gasteiger partial charge is 0.0544 e. The molecule has 118 valence electrons. The van der Waals surface area contributed by atoms with E-state index < -0.39 is 0 Å². The highest BCUT2D eigenvalue weighted by Crippen LogP contribution is 2.28. The number of nitrogens with two attached hydrogens (primary N) is 1. The molecular weight excluding hydrogens is 260 g/mol. The van der Waals surface area contributed by atoms with Gasteiger partial charge in [-0.1, -0.05) is 19.9 Å². The van der Waals surface area contributed by atoms with E-state index in [0.717, 1.165) is 50.6 Å². The van der Waals surface area contributed by atoms with Crippen LogP contribution in [0.15, 0.2) is 24.4 Å². The maximum absolute atomic E-state index is 6.16. The van der Waals surface area contributed by atoms with E-state index in [1.54, 1.807) is 0 Å². The minimum absolute atomic E-state index is 0.130. The summed E-state index contributed by atoms with van der Waals surface area (Å²) in [5, 5.41) is 0. The van der Waals surface area contributed by atoms with Gasteiger partial charge in [0.1, 0.15) is 0 Å². The van der Waals surface area contributed by atoms with Crippen LogP contribution in [-0.4, -0.2) is 53.5 Å². The number of hydrogen-bond acceptors (Lipinski definition) is 4. The van der Waals surface area contributed by atoms with Crippen LogP contribution in [0.5, 0.6) is 0 Å². The number of likely N-dealkylation sites (N-methyl/N-ethyl adjacent to an activating group) is 1. The van der Waals surface area contributed by atoms with Gasteiger partial charge in [0.15, 0.2) is 0 Å². The molecule has 0 spiro atoms. The summed E-state index contributed by atoms with van der Waals surface area (Å²) < 4.78 is 0. The van der Waals surface area contributed by atoms with Gasteiger partial charge in [-0.2, -0.15) is 0 Å². The molecule has 21 heavy (non-hydrogen) atoms. The van der Waals surface area contributed by atoms with Crippen LogP contribution in [0.1, 0.15) is 32.4 Å². The van der Waals surface area contributed by atoms with Crippen molar-refractivity contribution in [3.05, 3.63) is 30.1 Å². The van der Waals surface area contributed by atoms with Gasteiger partial charge >= 0.3 is 0 Å². The largest absolute Gasteiger partial charge is 0.329 e. The number of pyridine rings is 1. The zero-order chi connectivity index (χ0) is 15.3. The Morgan fingerprint density at radius 3 is 2.57 bits per heavy atom. The van der Waals surface area contributed by atoms with Gasteiger partial charge < -0.3 is 10.6 Å². The van der Waals surface area contributed by atoms with Crippen molar-refractivity contribution in [2.45, 2.75) is 38.8 Å². The summed E-state index contributed by atoms with van der Waals surface area (Å²) in [5.74, 6) is 0.738. The molecule has 0 atom stereocenters. The van der Waals surface area contributed by atoms with Gasteiger partial charge in [0.2, 0.25) is 0 Å². The van der Waals surface area contributed by atoms with Gasteiger partial charge in [0.05, 0.1) is 5.69 Å². The third kappa shape index (κ3) is 4.25. The number of piperidine rings is 1. The highest BCUT2D eigenvalue weighted by molar-refractivity contribution is 5.05. The van der Waals surface area contributed by atoms with Crippen molar-refractivity contribution in [3.63, 3.8) is 0 Å². The maximum Gasteiger partial charge on any atom is 0.0544 e. The molecule has 0 amide bonds. The molecule has 1 saturated heterocycles. The average molecular weight is 290 g/mol. The van der Waals surface area contributed by atoms with Gasteiger partial charge in [-0.05, 0) is 51.0 Å². The van der Waals surface area contributed by atoms with Crippen LogP contribution in [0.25, 0.3) is 0 Å². The highest BCUT2D eigenvalue weighted by Gasteiger charge is 2.37. The number of hydrogen-bond donors (Lipinski definition) is 1. The van der Waals surface area contributed by atoms with Crippen molar-refractivity contribution in [1.29, 1.82) is 0 Å². The molecule has 1 aromatic rings. The summed E-state index contributed by atoms with van der Waals surface area (Å²) in [6.45, 7) is 9.69. The van der Waals surface area contributed by atoms with Crippen molar-refractivity contribution >= 4 is 0 Å². The Kier molecular flexibility index (Phi) is 5.73. The minimum Gasteiger partial charge on any atom is -0.329 e. The monoisotopic (exact) mass is 290 g/mol. The van der Waals surface area contributed by atoms with Gasteiger partial charge in [0, 0.05) is 31.4 Å². The Hall–Kier alpha value is -0.970. The second-order valence-corrected chi connectivity index (χ2v) is 6.80. The molecule has 2 heterocycles. The molecule has 4 nitrogen and oxygen atoms in total. The normalized spacial score (nSPS) is 19.3. The number of nitrogens with zero attached hydrogens (tertiary/aromatic N) is 3. The van der Waals surface area contributed by atoms with Crippen molar-refractivity contribution in [2.24, 2.45) is 11.7 Å². The molecule has 1 fully saturated rings. The predicted octanol–water partition coefficient (Wildman–Crippen LogP) is 1.96. The molecule has 0 radical (unpaired) electrons. The van der Waals surface area contributed by atoms with E-state index in [2.05, 4.69) is 47.8 Å².